The van der Waals surface area contributed by atoms with Crippen molar-refractivity contribution in [1.29, 1.82) is 0 Å². The summed E-state index contributed by atoms with van der Waals surface area (Å²) < 4.78 is 3.48. The molecule has 0 bridgehead atoms. The van der Waals surface area contributed by atoms with Gasteiger partial charge in [0.25, 0.3) is 5.91 Å². The zero-order valence-corrected chi connectivity index (χ0v) is 11.2. The lowest BCUT2D eigenvalue weighted by Gasteiger charge is -2.15. The number of aromatic nitrogens is 2. The van der Waals surface area contributed by atoms with Gasteiger partial charge in [-0.25, -0.2) is 9.13 Å². The smallest absolute Gasteiger partial charge is 0.292 e. The topological polar surface area (TPSA) is 75.4 Å². The molecular weight excluding hydrogens is 268 g/mol. The first-order valence-electron chi connectivity index (χ1n) is 5.45. The van der Waals surface area contributed by atoms with Gasteiger partial charge in [0.1, 0.15) is 12.4 Å². The van der Waals surface area contributed by atoms with E-state index in [2.05, 4.69) is 0 Å². The first kappa shape index (κ1) is 15.0. The van der Waals surface area contributed by atoms with E-state index in [0.717, 1.165) is 0 Å². The highest BCUT2D eigenvalue weighted by Gasteiger charge is 2.18. The highest BCUT2D eigenvalue weighted by atomic mass is 35.5. The van der Waals surface area contributed by atoms with Crippen LogP contribution in [0.5, 0.6) is 0 Å². The van der Waals surface area contributed by atoms with Crippen molar-refractivity contribution < 1.29 is 27.0 Å². The summed E-state index contributed by atoms with van der Waals surface area (Å²) >= 11 is 0. The van der Waals surface area contributed by atoms with Gasteiger partial charge in [0, 0.05) is 0 Å². The van der Waals surface area contributed by atoms with E-state index in [4.69, 9.17) is 5.73 Å². The molecule has 6 nitrogen and oxygen atoms in total. The van der Waals surface area contributed by atoms with Crippen molar-refractivity contribution in [3.8, 4) is 0 Å². The van der Waals surface area contributed by atoms with E-state index < -0.39 is 5.91 Å². The molecule has 1 aromatic heterocycles. The van der Waals surface area contributed by atoms with Crippen LogP contribution in [0.3, 0.4) is 0 Å². The number of carbonyl (C=O) groups excluding carboxylic acids is 1. The van der Waals surface area contributed by atoms with Crippen LogP contribution >= 0.6 is 0 Å². The standard InChI is InChI=1S/C12H15N4O2.ClH/c1-14-6-7-15(9-14)8-12(17)16(18)11-5-3-2-4-10(11)13;/h2-7,9,18H,8,13H2,1H3;1H/q+1;/p-1. The number of benzene rings is 1. The molecule has 0 spiro atoms. The minimum absolute atomic E-state index is 0. The molecule has 1 heterocycles. The Kier molecular flexibility index (Phi) is 4.91. The van der Waals surface area contributed by atoms with E-state index in [1.807, 2.05) is 17.8 Å². The summed E-state index contributed by atoms with van der Waals surface area (Å²) in [7, 11) is 1.85. The van der Waals surface area contributed by atoms with Crippen molar-refractivity contribution in [2.24, 2.45) is 7.05 Å². The zero-order chi connectivity index (χ0) is 13.1. The van der Waals surface area contributed by atoms with Gasteiger partial charge in [-0.05, 0) is 12.1 Å². The predicted molar refractivity (Wildman–Crippen MR) is 65.7 cm³/mol. The van der Waals surface area contributed by atoms with Gasteiger partial charge in [0.15, 0.2) is 6.54 Å². The van der Waals surface area contributed by atoms with E-state index in [9.17, 15) is 10.0 Å². The Morgan fingerprint density at radius 2 is 2.16 bits per heavy atom. The maximum absolute atomic E-state index is 11.9. The fourth-order valence-corrected chi connectivity index (χ4v) is 1.63. The molecule has 0 fully saturated rings. The molecule has 19 heavy (non-hydrogen) atoms. The van der Waals surface area contributed by atoms with Crippen LogP contribution in [0.15, 0.2) is 43.0 Å². The number of nitrogens with two attached hydrogens (primary N) is 1. The molecule has 0 aliphatic rings. The number of nitrogens with zero attached hydrogens (tertiary/aromatic N) is 3. The number of hydrogen-bond acceptors (Lipinski definition) is 3. The molecule has 2 rings (SSSR count). The summed E-state index contributed by atoms with van der Waals surface area (Å²) in [5, 5.41) is 10.4. The second-order valence-corrected chi connectivity index (χ2v) is 4.02. The van der Waals surface area contributed by atoms with Crippen molar-refractivity contribution >= 4 is 17.3 Å². The fourth-order valence-electron chi connectivity index (χ4n) is 1.63. The monoisotopic (exact) mass is 282 g/mol. The molecule has 102 valence electrons. The van der Waals surface area contributed by atoms with Crippen LogP contribution in [-0.4, -0.2) is 15.7 Å². The summed E-state index contributed by atoms with van der Waals surface area (Å²) in [5.41, 5.74) is 6.34. The number of hydrogen-bond donors (Lipinski definition) is 2. The summed E-state index contributed by atoms with van der Waals surface area (Å²) in [4.78, 5) is 11.9. The Bertz CT molecular complexity index is 570. The Balaban J connectivity index is 0.00000180. The quantitative estimate of drug-likeness (QED) is 0.279. The largest absolute Gasteiger partial charge is 1.00 e. The minimum atomic E-state index is -0.455. The number of carbonyl (C=O) groups is 1. The molecule has 1 aromatic carbocycles. The summed E-state index contributed by atoms with van der Waals surface area (Å²) in [6, 6.07) is 6.66. The van der Waals surface area contributed by atoms with E-state index in [1.54, 1.807) is 41.4 Å². The molecule has 0 aliphatic carbocycles. The van der Waals surface area contributed by atoms with Crippen LogP contribution in [0.25, 0.3) is 0 Å². The fraction of sp³-hybridized carbons (Fsp3) is 0.167. The molecular formula is C12H15ClN4O2. The lowest BCUT2D eigenvalue weighted by atomic mass is 10.2. The van der Waals surface area contributed by atoms with Crippen molar-refractivity contribution in [2.75, 3.05) is 10.8 Å². The Labute approximate surface area is 117 Å². The van der Waals surface area contributed by atoms with Crippen LogP contribution in [0.2, 0.25) is 0 Å². The second-order valence-electron chi connectivity index (χ2n) is 4.02. The first-order chi connectivity index (χ1) is 8.58. The minimum Gasteiger partial charge on any atom is -1.00 e. The van der Waals surface area contributed by atoms with Crippen molar-refractivity contribution in [3.63, 3.8) is 0 Å². The third-order valence-electron chi connectivity index (χ3n) is 2.54. The van der Waals surface area contributed by atoms with E-state index in [0.29, 0.717) is 16.4 Å². The average Bonchev–Trinajstić information content (AvgIpc) is 2.74. The molecule has 7 heteroatoms. The molecule has 0 unspecified atom stereocenters. The van der Waals surface area contributed by atoms with Gasteiger partial charge in [0.2, 0.25) is 6.33 Å². The first-order valence-corrected chi connectivity index (χ1v) is 5.45. The molecule has 2 aromatic rings. The number of halogens is 1. The number of rotatable bonds is 3. The van der Waals surface area contributed by atoms with Gasteiger partial charge in [0.05, 0.1) is 18.4 Å². The normalized spacial score (nSPS) is 9.79. The highest BCUT2D eigenvalue weighted by Crippen LogP contribution is 2.20. The second kappa shape index (κ2) is 6.21. The Morgan fingerprint density at radius 1 is 1.47 bits per heavy atom. The van der Waals surface area contributed by atoms with Crippen molar-refractivity contribution in [3.05, 3.63) is 43.0 Å². The van der Waals surface area contributed by atoms with Crippen LogP contribution in [0.1, 0.15) is 0 Å². The molecule has 1 amide bonds. The summed E-state index contributed by atoms with van der Waals surface area (Å²) in [6.07, 6.45) is 5.31. The number of amides is 1. The Morgan fingerprint density at radius 3 is 2.74 bits per heavy atom. The van der Waals surface area contributed by atoms with Crippen LogP contribution in [-0.2, 0) is 18.4 Å². The summed E-state index contributed by atoms with van der Waals surface area (Å²) in [6.45, 7) is 0.0473. The van der Waals surface area contributed by atoms with E-state index in [1.165, 1.54) is 0 Å². The molecule has 0 saturated heterocycles. The Hall–Kier alpha value is -2.05. The lowest BCUT2D eigenvalue weighted by Crippen LogP contribution is -3.00. The molecule has 0 aliphatic heterocycles. The molecule has 3 N–H and O–H groups in total. The maximum atomic E-state index is 11.9. The van der Waals surface area contributed by atoms with Gasteiger partial charge < -0.3 is 18.1 Å². The van der Waals surface area contributed by atoms with Gasteiger partial charge >= 0.3 is 0 Å². The van der Waals surface area contributed by atoms with Crippen LogP contribution < -0.4 is 27.8 Å². The zero-order valence-electron chi connectivity index (χ0n) is 10.4. The SMILES string of the molecule is C[n+]1ccn(CC(=O)N(O)c2ccccc2N)c1.[Cl-]. The maximum Gasteiger partial charge on any atom is 0.292 e. The van der Waals surface area contributed by atoms with Gasteiger partial charge in [-0.3, -0.25) is 10.0 Å². The lowest BCUT2D eigenvalue weighted by molar-refractivity contribution is -0.671. The number of nitrogen functional groups attached to an aromatic ring is 1. The molecule has 0 radical (unpaired) electrons. The number of imidazole rings is 1. The number of hydroxylamine groups is 1. The summed E-state index contributed by atoms with van der Waals surface area (Å²) in [5.74, 6) is -0.455. The third-order valence-corrected chi connectivity index (χ3v) is 2.54. The van der Waals surface area contributed by atoms with E-state index in [-0.39, 0.29) is 19.0 Å². The number of aryl methyl sites for hydroxylation is 1. The predicted octanol–water partition coefficient (Wildman–Crippen LogP) is -2.68. The molecule has 0 saturated carbocycles. The average molecular weight is 283 g/mol. The number of para-hydroxylation sites is 2. The van der Waals surface area contributed by atoms with Crippen molar-refractivity contribution in [2.45, 2.75) is 6.54 Å². The third kappa shape index (κ3) is 3.46. The molecule has 0 atom stereocenters. The van der Waals surface area contributed by atoms with Crippen LogP contribution in [0.4, 0.5) is 11.4 Å². The van der Waals surface area contributed by atoms with Gasteiger partial charge in [-0.1, -0.05) is 12.1 Å². The van der Waals surface area contributed by atoms with Crippen molar-refractivity contribution in [1.82, 2.24) is 4.57 Å². The van der Waals surface area contributed by atoms with E-state index >= 15 is 0 Å². The highest BCUT2D eigenvalue weighted by molar-refractivity contribution is 5.93. The van der Waals surface area contributed by atoms with Gasteiger partial charge in [-0.2, -0.15) is 5.06 Å². The number of anilines is 2. The van der Waals surface area contributed by atoms with Gasteiger partial charge in [-0.15, -0.1) is 0 Å². The van der Waals surface area contributed by atoms with Crippen LogP contribution in [0, 0.1) is 0 Å².